The van der Waals surface area contributed by atoms with Crippen LogP contribution >= 0.6 is 0 Å². The Hall–Kier alpha value is -1.31. The molecule has 0 amide bonds. The second-order valence-electron chi connectivity index (χ2n) is 4.50. The number of allylic oxidation sites excluding steroid dienone is 1. The van der Waals surface area contributed by atoms with Crippen molar-refractivity contribution < 1.29 is 4.79 Å². The summed E-state index contributed by atoms with van der Waals surface area (Å²) in [6.45, 7) is 4.71. The molecule has 0 bridgehead atoms. The van der Waals surface area contributed by atoms with Gasteiger partial charge in [0.2, 0.25) is 0 Å². The lowest BCUT2D eigenvalue weighted by Crippen LogP contribution is -1.97. The Morgan fingerprint density at radius 2 is 2.12 bits per heavy atom. The third-order valence-corrected chi connectivity index (χ3v) is 3.19. The zero-order valence-electron chi connectivity index (χ0n) is 9.74. The summed E-state index contributed by atoms with van der Waals surface area (Å²) < 4.78 is 2.16. The highest BCUT2D eigenvalue weighted by Crippen LogP contribution is 2.21. The number of ketones is 1. The van der Waals surface area contributed by atoms with E-state index < -0.39 is 0 Å². The second kappa shape index (κ2) is 5.15. The summed E-state index contributed by atoms with van der Waals surface area (Å²) in [6.07, 6.45) is 12.3. The van der Waals surface area contributed by atoms with Crippen molar-refractivity contribution in [1.82, 2.24) is 4.57 Å². The van der Waals surface area contributed by atoms with E-state index >= 15 is 0 Å². The Bertz CT molecular complexity index is 389. The summed E-state index contributed by atoms with van der Waals surface area (Å²) in [5, 5.41) is 0. The fourth-order valence-electron chi connectivity index (χ4n) is 2.29. The highest BCUT2D eigenvalue weighted by molar-refractivity contribution is 5.97. The average Bonchev–Trinajstić information content (AvgIpc) is 2.61. The number of rotatable bonds is 4. The summed E-state index contributed by atoms with van der Waals surface area (Å²) in [5.41, 5.74) is 2.22. The molecule has 86 valence electrons. The summed E-state index contributed by atoms with van der Waals surface area (Å²) >= 11 is 0. The molecular weight excluding hydrogens is 198 g/mol. The molecule has 1 aromatic rings. The van der Waals surface area contributed by atoms with Crippen LogP contribution in [-0.2, 0) is 13.0 Å². The number of Topliss-reactive ketones (excluding diaryl/α,β-unsaturated/α-hetero) is 1. The zero-order valence-corrected chi connectivity index (χ0v) is 9.74. The summed E-state index contributed by atoms with van der Waals surface area (Å²) in [4.78, 5) is 11.8. The molecule has 0 aromatic carbocycles. The van der Waals surface area contributed by atoms with Gasteiger partial charge in [-0.25, -0.2) is 0 Å². The van der Waals surface area contributed by atoms with Crippen LogP contribution in [0.2, 0.25) is 0 Å². The summed E-state index contributed by atoms with van der Waals surface area (Å²) in [7, 11) is 0. The van der Waals surface area contributed by atoms with Gasteiger partial charge in [-0.05, 0) is 37.7 Å². The number of carbonyl (C=O) groups excluding carboxylic acids is 1. The van der Waals surface area contributed by atoms with Crippen molar-refractivity contribution in [3.63, 3.8) is 0 Å². The van der Waals surface area contributed by atoms with Crippen LogP contribution in [0.1, 0.15) is 48.0 Å². The highest BCUT2D eigenvalue weighted by Gasteiger charge is 2.17. The number of carbonyl (C=O) groups is 1. The van der Waals surface area contributed by atoms with Crippen LogP contribution in [0.25, 0.3) is 0 Å². The maximum absolute atomic E-state index is 11.8. The third-order valence-electron chi connectivity index (χ3n) is 3.19. The molecule has 2 rings (SSSR count). The first-order valence-corrected chi connectivity index (χ1v) is 6.14. The molecule has 0 radical (unpaired) electrons. The summed E-state index contributed by atoms with van der Waals surface area (Å²) in [5.74, 6) is 0.329. The van der Waals surface area contributed by atoms with Crippen molar-refractivity contribution in [3.8, 4) is 0 Å². The van der Waals surface area contributed by atoms with Gasteiger partial charge in [0.25, 0.3) is 0 Å². The molecule has 0 saturated carbocycles. The molecule has 1 heterocycles. The van der Waals surface area contributed by atoms with E-state index in [1.807, 2.05) is 12.3 Å². The van der Waals surface area contributed by atoms with Gasteiger partial charge in [0, 0.05) is 30.9 Å². The van der Waals surface area contributed by atoms with Crippen LogP contribution in [0.3, 0.4) is 0 Å². The van der Waals surface area contributed by atoms with Gasteiger partial charge in [0.05, 0.1) is 0 Å². The Morgan fingerprint density at radius 1 is 1.31 bits per heavy atom. The number of nitrogens with zero attached hydrogens (tertiary/aromatic N) is 1. The molecule has 2 heteroatoms. The minimum absolute atomic E-state index is 0.329. The molecule has 0 unspecified atom stereocenters. The Morgan fingerprint density at radius 3 is 2.94 bits per heavy atom. The maximum atomic E-state index is 11.8. The zero-order chi connectivity index (χ0) is 11.4. The number of aryl methyl sites for hydroxylation is 2. The number of hydrogen-bond donors (Lipinski definition) is 0. The van der Waals surface area contributed by atoms with Gasteiger partial charge in [-0.3, -0.25) is 4.79 Å². The van der Waals surface area contributed by atoms with Crippen molar-refractivity contribution >= 4 is 5.78 Å². The molecule has 0 fully saturated rings. The Kier molecular flexibility index (Phi) is 3.60. The largest absolute Gasteiger partial charge is 0.353 e. The summed E-state index contributed by atoms with van der Waals surface area (Å²) in [6, 6.07) is 0. The molecule has 0 N–H and O–H groups in total. The first-order chi connectivity index (χ1) is 7.81. The van der Waals surface area contributed by atoms with Crippen molar-refractivity contribution in [1.29, 1.82) is 0 Å². The molecule has 0 saturated heterocycles. The van der Waals surface area contributed by atoms with Crippen LogP contribution < -0.4 is 0 Å². The van der Waals surface area contributed by atoms with E-state index in [-0.39, 0.29) is 0 Å². The fraction of sp³-hybridized carbons (Fsp3) is 0.500. The SMILES string of the molecule is C=CCCCn1cc2c(c1)C(=O)CCCC2. The predicted molar refractivity (Wildman–Crippen MR) is 65.7 cm³/mol. The standard InChI is InChI=1S/C14H19NO/c1-2-3-6-9-15-10-12-7-4-5-8-14(16)13(12)11-15/h2,10-11H,1,3-9H2. The number of fused-ring (bicyclic) bond motifs is 1. The van der Waals surface area contributed by atoms with E-state index in [9.17, 15) is 4.79 Å². The van der Waals surface area contributed by atoms with Crippen LogP contribution in [-0.4, -0.2) is 10.4 Å². The molecule has 1 aromatic heterocycles. The first-order valence-electron chi connectivity index (χ1n) is 6.14. The number of hydrogen-bond acceptors (Lipinski definition) is 1. The van der Waals surface area contributed by atoms with E-state index in [0.29, 0.717) is 5.78 Å². The van der Waals surface area contributed by atoms with Crippen molar-refractivity contribution in [2.45, 2.75) is 45.1 Å². The van der Waals surface area contributed by atoms with Crippen molar-refractivity contribution in [3.05, 3.63) is 36.2 Å². The lowest BCUT2D eigenvalue weighted by Gasteiger charge is -2.00. The second-order valence-corrected chi connectivity index (χ2v) is 4.50. The molecule has 0 spiro atoms. The van der Waals surface area contributed by atoms with Crippen LogP contribution in [0.4, 0.5) is 0 Å². The Balaban J connectivity index is 2.09. The van der Waals surface area contributed by atoms with E-state index in [1.165, 1.54) is 5.56 Å². The van der Waals surface area contributed by atoms with E-state index in [1.54, 1.807) is 0 Å². The van der Waals surface area contributed by atoms with E-state index in [4.69, 9.17) is 0 Å². The van der Waals surface area contributed by atoms with Gasteiger partial charge in [0.1, 0.15) is 0 Å². The number of unbranched alkanes of at least 4 members (excludes halogenated alkanes) is 1. The van der Waals surface area contributed by atoms with Gasteiger partial charge in [-0.2, -0.15) is 0 Å². The van der Waals surface area contributed by atoms with Gasteiger partial charge < -0.3 is 4.57 Å². The molecule has 0 atom stereocenters. The molecule has 1 aliphatic carbocycles. The topological polar surface area (TPSA) is 22.0 Å². The third kappa shape index (κ3) is 2.43. The van der Waals surface area contributed by atoms with Gasteiger partial charge in [-0.1, -0.05) is 6.08 Å². The molecule has 1 aliphatic rings. The molecular formula is C14H19NO. The van der Waals surface area contributed by atoms with Gasteiger partial charge >= 0.3 is 0 Å². The lowest BCUT2D eigenvalue weighted by molar-refractivity contribution is 0.0982. The minimum atomic E-state index is 0.329. The lowest BCUT2D eigenvalue weighted by atomic mass is 10.1. The van der Waals surface area contributed by atoms with Gasteiger partial charge in [-0.15, -0.1) is 6.58 Å². The normalized spacial score (nSPS) is 15.6. The minimum Gasteiger partial charge on any atom is -0.353 e. The maximum Gasteiger partial charge on any atom is 0.164 e. The fourth-order valence-corrected chi connectivity index (χ4v) is 2.29. The quantitative estimate of drug-likeness (QED) is 0.430. The van der Waals surface area contributed by atoms with E-state index in [0.717, 1.165) is 50.6 Å². The number of aromatic nitrogens is 1. The van der Waals surface area contributed by atoms with Crippen LogP contribution in [0, 0.1) is 0 Å². The highest BCUT2D eigenvalue weighted by atomic mass is 16.1. The average molecular weight is 217 g/mol. The van der Waals surface area contributed by atoms with E-state index in [2.05, 4.69) is 17.3 Å². The molecule has 0 aliphatic heterocycles. The van der Waals surface area contributed by atoms with Crippen molar-refractivity contribution in [2.75, 3.05) is 0 Å². The molecule has 16 heavy (non-hydrogen) atoms. The first kappa shape index (κ1) is 11.2. The Labute approximate surface area is 97.0 Å². The van der Waals surface area contributed by atoms with Crippen LogP contribution in [0.15, 0.2) is 25.0 Å². The smallest absolute Gasteiger partial charge is 0.164 e. The predicted octanol–water partition coefficient (Wildman–Crippen LogP) is 3.36. The van der Waals surface area contributed by atoms with Crippen molar-refractivity contribution in [2.24, 2.45) is 0 Å². The molecule has 2 nitrogen and oxygen atoms in total. The van der Waals surface area contributed by atoms with Gasteiger partial charge in [0.15, 0.2) is 5.78 Å². The monoisotopic (exact) mass is 217 g/mol. The van der Waals surface area contributed by atoms with Crippen LogP contribution in [0.5, 0.6) is 0 Å².